The molecule has 114 valence electrons. The molecular weight excluding hydrogens is 304 g/mol. The van der Waals surface area contributed by atoms with E-state index in [1.54, 1.807) is 18.5 Å². The van der Waals surface area contributed by atoms with E-state index in [0.717, 1.165) is 24.2 Å². The van der Waals surface area contributed by atoms with Gasteiger partial charge >= 0.3 is 0 Å². The van der Waals surface area contributed by atoms with Crippen LogP contribution in [0.3, 0.4) is 0 Å². The molecule has 1 fully saturated rings. The first-order valence-electron chi connectivity index (χ1n) is 7.35. The molecule has 1 aromatic carbocycles. The third kappa shape index (κ3) is 2.43. The lowest BCUT2D eigenvalue weighted by atomic mass is 9.92. The van der Waals surface area contributed by atoms with Crippen molar-refractivity contribution in [2.45, 2.75) is 31.2 Å². The molecule has 0 bridgehead atoms. The molecule has 1 saturated carbocycles. The molecule has 1 aliphatic carbocycles. The third-order valence-corrected chi connectivity index (χ3v) is 4.31. The number of rotatable bonds is 3. The average molecular weight is 319 g/mol. The van der Waals surface area contributed by atoms with Crippen LogP contribution in [0.2, 0.25) is 5.02 Å². The van der Waals surface area contributed by atoms with Gasteiger partial charge in [0, 0.05) is 16.6 Å². The van der Waals surface area contributed by atoms with Crippen LogP contribution in [0.25, 0.3) is 0 Å². The maximum absolute atomic E-state index is 12.6. The molecule has 1 aliphatic heterocycles. The van der Waals surface area contributed by atoms with Crippen molar-refractivity contribution in [1.82, 2.24) is 14.8 Å². The summed E-state index contributed by atoms with van der Waals surface area (Å²) in [4.78, 5) is 12.6. The second-order valence-corrected chi connectivity index (χ2v) is 6.09. The van der Waals surface area contributed by atoms with Crippen molar-refractivity contribution in [3.63, 3.8) is 0 Å². The smallest absolute Gasteiger partial charge is 0.234 e. The molecule has 7 heteroatoms. The van der Waals surface area contributed by atoms with Crippen LogP contribution in [0.4, 0.5) is 5.95 Å². The summed E-state index contributed by atoms with van der Waals surface area (Å²) in [7, 11) is 0. The zero-order valence-corrected chi connectivity index (χ0v) is 12.6. The fourth-order valence-corrected chi connectivity index (χ4v) is 2.97. The molecule has 0 saturated heterocycles. The van der Waals surface area contributed by atoms with Gasteiger partial charge in [-0.05, 0) is 37.5 Å². The van der Waals surface area contributed by atoms with Crippen molar-refractivity contribution >= 4 is 23.5 Å². The van der Waals surface area contributed by atoms with Gasteiger partial charge in [-0.1, -0.05) is 11.6 Å². The molecule has 1 amide bonds. The lowest BCUT2D eigenvalue weighted by molar-refractivity contribution is -0.118. The van der Waals surface area contributed by atoms with Gasteiger partial charge in [0.15, 0.2) is 0 Å². The van der Waals surface area contributed by atoms with Gasteiger partial charge in [-0.2, -0.15) is 0 Å². The van der Waals surface area contributed by atoms with E-state index in [-0.39, 0.29) is 11.8 Å². The number of nitrogens with zero attached hydrogens (tertiary/aromatic N) is 3. The first-order chi connectivity index (χ1) is 10.7. The minimum atomic E-state index is -0.285. The summed E-state index contributed by atoms with van der Waals surface area (Å²) in [6.45, 7) is 0.516. The number of amides is 1. The molecule has 0 unspecified atom stereocenters. The van der Waals surface area contributed by atoms with E-state index in [9.17, 15) is 4.79 Å². The number of carbonyl (C=O) groups excluding carboxylic acids is 1. The van der Waals surface area contributed by atoms with Gasteiger partial charge in [-0.3, -0.25) is 14.7 Å². The minimum absolute atomic E-state index is 0.0956. The van der Waals surface area contributed by atoms with E-state index in [4.69, 9.17) is 16.3 Å². The Kier molecular flexibility index (Phi) is 3.26. The lowest BCUT2D eigenvalue weighted by Gasteiger charge is -2.25. The molecule has 2 heterocycles. The van der Waals surface area contributed by atoms with Gasteiger partial charge in [0.25, 0.3) is 0 Å². The van der Waals surface area contributed by atoms with Crippen molar-refractivity contribution in [2.24, 2.45) is 0 Å². The van der Waals surface area contributed by atoms with E-state index in [0.29, 0.717) is 30.0 Å². The van der Waals surface area contributed by atoms with E-state index in [1.807, 2.05) is 10.6 Å². The number of hydrogen-bond donors (Lipinski definition) is 1. The van der Waals surface area contributed by atoms with Crippen LogP contribution >= 0.6 is 11.6 Å². The largest absolute Gasteiger partial charge is 0.493 e. The Morgan fingerprint density at radius 3 is 3.05 bits per heavy atom. The van der Waals surface area contributed by atoms with Crippen molar-refractivity contribution in [3.8, 4) is 5.75 Å². The van der Waals surface area contributed by atoms with Gasteiger partial charge in [-0.15, -0.1) is 10.2 Å². The number of aromatic nitrogens is 3. The lowest BCUT2D eigenvalue weighted by Crippen LogP contribution is -2.27. The van der Waals surface area contributed by atoms with Gasteiger partial charge in [0.2, 0.25) is 11.9 Å². The molecule has 2 aliphatic rings. The molecule has 1 N–H and O–H groups in total. The Morgan fingerprint density at radius 2 is 2.23 bits per heavy atom. The molecule has 6 nitrogen and oxygen atoms in total. The van der Waals surface area contributed by atoms with Crippen LogP contribution in [0.1, 0.15) is 36.8 Å². The molecular formula is C15H15ClN4O2. The summed E-state index contributed by atoms with van der Waals surface area (Å²) in [6, 6.07) is 5.79. The number of halogens is 1. The highest BCUT2D eigenvalue weighted by molar-refractivity contribution is 6.30. The number of carbonyl (C=O) groups is 1. The number of anilines is 1. The second kappa shape index (κ2) is 5.28. The fourth-order valence-electron chi connectivity index (χ4n) is 2.79. The van der Waals surface area contributed by atoms with E-state index in [1.165, 1.54) is 0 Å². The second-order valence-electron chi connectivity index (χ2n) is 5.65. The zero-order chi connectivity index (χ0) is 15.1. The molecule has 22 heavy (non-hydrogen) atoms. The van der Waals surface area contributed by atoms with Gasteiger partial charge in [0.1, 0.15) is 12.1 Å². The van der Waals surface area contributed by atoms with Crippen LogP contribution in [-0.2, 0) is 4.79 Å². The van der Waals surface area contributed by atoms with Crippen LogP contribution < -0.4 is 10.1 Å². The van der Waals surface area contributed by atoms with Gasteiger partial charge in [0.05, 0.1) is 12.5 Å². The Morgan fingerprint density at radius 1 is 1.36 bits per heavy atom. The average Bonchev–Trinajstić information content (AvgIpc) is 3.26. The Bertz CT molecular complexity index is 726. The fraction of sp³-hybridized carbons (Fsp3) is 0.400. The first kappa shape index (κ1) is 13.6. The first-order valence-corrected chi connectivity index (χ1v) is 7.73. The summed E-state index contributed by atoms with van der Waals surface area (Å²) in [5.74, 6) is 0.857. The molecule has 0 radical (unpaired) electrons. The van der Waals surface area contributed by atoms with Crippen LogP contribution in [0.15, 0.2) is 24.5 Å². The number of benzene rings is 1. The Balaban J connectivity index is 1.58. The molecule has 4 rings (SSSR count). The maximum Gasteiger partial charge on any atom is 0.234 e. The monoisotopic (exact) mass is 318 g/mol. The standard InChI is InChI=1S/C15H15ClN4O2/c16-9-1-4-13-12(7-9)11(5-6-22-13)14(21)18-15-19-17-8-20(15)10-2-3-10/h1,4,7-8,10-11H,2-3,5-6H2,(H,18,19,21)/t11-/m1/s1. The summed E-state index contributed by atoms with van der Waals surface area (Å²) in [6.07, 6.45) is 4.51. The number of nitrogens with one attached hydrogen (secondary N) is 1. The van der Waals surface area contributed by atoms with Crippen LogP contribution in [0, 0.1) is 0 Å². The van der Waals surface area contributed by atoms with E-state index >= 15 is 0 Å². The zero-order valence-electron chi connectivity index (χ0n) is 11.8. The normalized spacial score (nSPS) is 20.1. The predicted molar refractivity (Wildman–Crippen MR) is 81.2 cm³/mol. The summed E-state index contributed by atoms with van der Waals surface area (Å²) < 4.78 is 7.52. The summed E-state index contributed by atoms with van der Waals surface area (Å²) >= 11 is 6.05. The minimum Gasteiger partial charge on any atom is -0.493 e. The Hall–Kier alpha value is -2.08. The molecule has 2 aromatic rings. The number of fused-ring (bicyclic) bond motifs is 1. The summed E-state index contributed by atoms with van der Waals surface area (Å²) in [5.41, 5.74) is 0.828. The van der Waals surface area contributed by atoms with Crippen LogP contribution in [0.5, 0.6) is 5.75 Å². The topological polar surface area (TPSA) is 69.0 Å². The predicted octanol–water partition coefficient (Wildman–Crippen LogP) is 2.77. The highest BCUT2D eigenvalue weighted by Gasteiger charge is 2.31. The van der Waals surface area contributed by atoms with Crippen molar-refractivity contribution in [3.05, 3.63) is 35.1 Å². The molecule has 0 spiro atoms. The quantitative estimate of drug-likeness (QED) is 0.944. The van der Waals surface area contributed by atoms with Crippen molar-refractivity contribution in [2.75, 3.05) is 11.9 Å². The number of hydrogen-bond acceptors (Lipinski definition) is 4. The highest BCUT2D eigenvalue weighted by Crippen LogP contribution is 2.38. The summed E-state index contributed by atoms with van der Waals surface area (Å²) in [5, 5.41) is 11.4. The van der Waals surface area contributed by atoms with Gasteiger partial charge in [-0.25, -0.2) is 0 Å². The maximum atomic E-state index is 12.6. The van der Waals surface area contributed by atoms with E-state index in [2.05, 4.69) is 15.5 Å². The van der Waals surface area contributed by atoms with Crippen molar-refractivity contribution in [1.29, 1.82) is 0 Å². The SMILES string of the molecule is O=C(Nc1nncn1C1CC1)[C@@H]1CCOc2ccc(Cl)cc21. The molecule has 1 aromatic heterocycles. The van der Waals surface area contributed by atoms with Gasteiger partial charge < -0.3 is 4.74 Å². The highest BCUT2D eigenvalue weighted by atomic mass is 35.5. The van der Waals surface area contributed by atoms with Crippen molar-refractivity contribution < 1.29 is 9.53 Å². The van der Waals surface area contributed by atoms with Crippen LogP contribution in [-0.4, -0.2) is 27.3 Å². The third-order valence-electron chi connectivity index (χ3n) is 4.08. The Labute approximate surface area is 132 Å². The molecule has 1 atom stereocenters. The number of ether oxygens (including phenoxy) is 1. The van der Waals surface area contributed by atoms with E-state index < -0.39 is 0 Å².